The Morgan fingerprint density at radius 1 is 1.04 bits per heavy atom. The Bertz CT molecular complexity index is 697. The second-order valence-electron chi connectivity index (χ2n) is 5.42. The molecular weight excluding hydrogens is 311 g/mol. The van der Waals surface area contributed by atoms with Crippen molar-refractivity contribution in [3.05, 3.63) is 65.5 Å². The van der Waals surface area contributed by atoms with Crippen LogP contribution in [0.3, 0.4) is 0 Å². The minimum Gasteiger partial charge on any atom is -0.452 e. The molecular formula is C18H19FN2O3. The van der Waals surface area contributed by atoms with Gasteiger partial charge < -0.3 is 15.0 Å². The van der Waals surface area contributed by atoms with Crippen LogP contribution in [0.25, 0.3) is 0 Å². The van der Waals surface area contributed by atoms with Gasteiger partial charge in [-0.3, -0.25) is 4.79 Å². The van der Waals surface area contributed by atoms with E-state index in [1.54, 1.807) is 0 Å². The van der Waals surface area contributed by atoms with Crippen LogP contribution in [0.4, 0.5) is 10.1 Å². The molecule has 0 atom stereocenters. The predicted octanol–water partition coefficient (Wildman–Crippen LogP) is 2.36. The van der Waals surface area contributed by atoms with Gasteiger partial charge in [0.15, 0.2) is 6.61 Å². The Morgan fingerprint density at radius 2 is 1.67 bits per heavy atom. The van der Waals surface area contributed by atoms with Gasteiger partial charge in [-0.1, -0.05) is 12.1 Å². The largest absolute Gasteiger partial charge is 0.452 e. The summed E-state index contributed by atoms with van der Waals surface area (Å²) in [5, 5.41) is 2.67. The summed E-state index contributed by atoms with van der Waals surface area (Å²) in [6, 6.07) is 12.7. The Balaban J connectivity index is 1.77. The molecule has 0 unspecified atom stereocenters. The maximum Gasteiger partial charge on any atom is 0.338 e. The van der Waals surface area contributed by atoms with Crippen LogP contribution in [0.5, 0.6) is 0 Å². The number of carbonyl (C=O) groups excluding carboxylic acids is 2. The van der Waals surface area contributed by atoms with Crippen molar-refractivity contribution in [2.24, 2.45) is 0 Å². The summed E-state index contributed by atoms with van der Waals surface area (Å²) in [6.07, 6.45) is 0. The van der Waals surface area contributed by atoms with Crippen molar-refractivity contribution in [3.8, 4) is 0 Å². The maximum absolute atomic E-state index is 12.8. The molecule has 2 rings (SSSR count). The normalized spacial score (nSPS) is 10.1. The number of anilines is 1. The third-order valence-corrected chi connectivity index (χ3v) is 3.36. The molecule has 5 nitrogen and oxygen atoms in total. The fourth-order valence-corrected chi connectivity index (χ4v) is 1.96. The fourth-order valence-electron chi connectivity index (χ4n) is 1.96. The SMILES string of the molecule is CN(C)c1ccc(CNC(=O)COC(=O)c2ccc(F)cc2)cc1. The molecule has 0 saturated heterocycles. The summed E-state index contributed by atoms with van der Waals surface area (Å²) < 4.78 is 17.7. The Hall–Kier alpha value is -2.89. The van der Waals surface area contributed by atoms with Crippen LogP contribution in [0.2, 0.25) is 0 Å². The molecule has 126 valence electrons. The second-order valence-corrected chi connectivity index (χ2v) is 5.42. The molecule has 0 aliphatic carbocycles. The van der Waals surface area contributed by atoms with Gasteiger partial charge in [0.25, 0.3) is 5.91 Å². The van der Waals surface area contributed by atoms with Crippen molar-refractivity contribution in [1.82, 2.24) is 5.32 Å². The van der Waals surface area contributed by atoms with Gasteiger partial charge in [0, 0.05) is 26.3 Å². The van der Waals surface area contributed by atoms with E-state index in [1.165, 1.54) is 12.1 Å². The molecule has 2 aromatic rings. The summed E-state index contributed by atoms with van der Waals surface area (Å²) in [5.74, 6) is -1.51. The first-order chi connectivity index (χ1) is 11.5. The number of hydrogen-bond acceptors (Lipinski definition) is 4. The third kappa shape index (κ3) is 5.08. The quantitative estimate of drug-likeness (QED) is 0.826. The number of hydrogen-bond donors (Lipinski definition) is 1. The van der Waals surface area contributed by atoms with E-state index >= 15 is 0 Å². The van der Waals surface area contributed by atoms with Gasteiger partial charge in [0.05, 0.1) is 5.56 Å². The number of benzene rings is 2. The van der Waals surface area contributed by atoms with Gasteiger partial charge in [-0.15, -0.1) is 0 Å². The Morgan fingerprint density at radius 3 is 2.25 bits per heavy atom. The number of nitrogens with one attached hydrogen (secondary N) is 1. The fraction of sp³-hybridized carbons (Fsp3) is 0.222. The van der Waals surface area contributed by atoms with Crippen LogP contribution in [0, 0.1) is 5.82 Å². The average Bonchev–Trinajstić information content (AvgIpc) is 2.58. The summed E-state index contributed by atoms with van der Waals surface area (Å²) >= 11 is 0. The first-order valence-corrected chi connectivity index (χ1v) is 7.41. The van der Waals surface area contributed by atoms with E-state index in [0.717, 1.165) is 23.4 Å². The monoisotopic (exact) mass is 330 g/mol. The summed E-state index contributed by atoms with van der Waals surface area (Å²) in [7, 11) is 3.90. The first kappa shape index (κ1) is 17.5. The molecule has 0 radical (unpaired) electrons. The van der Waals surface area contributed by atoms with Crippen LogP contribution in [0.15, 0.2) is 48.5 Å². The summed E-state index contributed by atoms with van der Waals surface area (Å²) in [6.45, 7) is -0.0351. The molecule has 0 saturated carbocycles. The van der Waals surface area contributed by atoms with Crippen LogP contribution in [-0.2, 0) is 16.1 Å². The van der Waals surface area contributed by atoms with Crippen molar-refractivity contribution in [3.63, 3.8) is 0 Å². The first-order valence-electron chi connectivity index (χ1n) is 7.41. The zero-order valence-corrected chi connectivity index (χ0v) is 13.6. The third-order valence-electron chi connectivity index (χ3n) is 3.36. The van der Waals surface area contributed by atoms with E-state index < -0.39 is 17.7 Å². The lowest BCUT2D eigenvalue weighted by Crippen LogP contribution is -2.28. The zero-order valence-electron chi connectivity index (χ0n) is 13.6. The molecule has 0 aliphatic heterocycles. The molecule has 0 heterocycles. The van der Waals surface area contributed by atoms with Crippen molar-refractivity contribution in [2.75, 3.05) is 25.6 Å². The van der Waals surface area contributed by atoms with Gasteiger partial charge >= 0.3 is 5.97 Å². The number of carbonyl (C=O) groups is 2. The van der Waals surface area contributed by atoms with E-state index in [2.05, 4.69) is 5.32 Å². The zero-order chi connectivity index (χ0) is 17.5. The smallest absolute Gasteiger partial charge is 0.338 e. The highest BCUT2D eigenvalue weighted by molar-refractivity contribution is 5.91. The average molecular weight is 330 g/mol. The van der Waals surface area contributed by atoms with Crippen LogP contribution >= 0.6 is 0 Å². The Kier molecular flexibility index (Phi) is 5.89. The topological polar surface area (TPSA) is 58.6 Å². The second kappa shape index (κ2) is 8.10. The highest BCUT2D eigenvalue weighted by Crippen LogP contribution is 2.12. The lowest BCUT2D eigenvalue weighted by molar-refractivity contribution is -0.124. The molecule has 0 aromatic heterocycles. The summed E-state index contributed by atoms with van der Waals surface area (Å²) in [4.78, 5) is 25.4. The van der Waals surface area contributed by atoms with Crippen molar-refractivity contribution in [1.29, 1.82) is 0 Å². The highest BCUT2D eigenvalue weighted by atomic mass is 19.1. The molecule has 0 aliphatic rings. The Labute approximate surface area is 140 Å². The molecule has 0 fully saturated rings. The minimum absolute atomic E-state index is 0.198. The van der Waals surface area contributed by atoms with Gasteiger partial charge in [-0.05, 0) is 42.0 Å². The lowest BCUT2D eigenvalue weighted by atomic mass is 10.2. The van der Waals surface area contributed by atoms with E-state index in [0.29, 0.717) is 6.54 Å². The predicted molar refractivity (Wildman–Crippen MR) is 89.3 cm³/mol. The van der Waals surface area contributed by atoms with Crippen molar-refractivity contribution >= 4 is 17.6 Å². The molecule has 1 amide bonds. The number of ether oxygens (including phenoxy) is 1. The van der Waals surface area contributed by atoms with Crippen LogP contribution < -0.4 is 10.2 Å². The van der Waals surface area contributed by atoms with E-state index in [9.17, 15) is 14.0 Å². The number of amides is 1. The number of nitrogens with zero attached hydrogens (tertiary/aromatic N) is 1. The molecule has 0 spiro atoms. The number of esters is 1. The van der Waals surface area contributed by atoms with Gasteiger partial charge in [-0.25, -0.2) is 9.18 Å². The van der Waals surface area contributed by atoms with Crippen molar-refractivity contribution in [2.45, 2.75) is 6.54 Å². The van der Waals surface area contributed by atoms with Crippen LogP contribution in [-0.4, -0.2) is 32.6 Å². The standard InChI is InChI=1S/C18H19FN2O3/c1-21(2)16-9-3-13(4-10-16)11-20-17(22)12-24-18(23)14-5-7-15(19)8-6-14/h3-10H,11-12H2,1-2H3,(H,20,22). The summed E-state index contributed by atoms with van der Waals surface area (Å²) in [5.41, 5.74) is 2.21. The molecule has 24 heavy (non-hydrogen) atoms. The molecule has 1 N–H and O–H groups in total. The van der Waals surface area contributed by atoms with E-state index in [4.69, 9.17) is 4.74 Å². The highest BCUT2D eigenvalue weighted by Gasteiger charge is 2.10. The van der Waals surface area contributed by atoms with Crippen molar-refractivity contribution < 1.29 is 18.7 Å². The lowest BCUT2D eigenvalue weighted by Gasteiger charge is -2.13. The molecule has 2 aromatic carbocycles. The van der Waals surface area contributed by atoms with Gasteiger partial charge in [-0.2, -0.15) is 0 Å². The molecule has 0 bridgehead atoms. The minimum atomic E-state index is -0.666. The van der Waals surface area contributed by atoms with E-state index in [-0.39, 0.29) is 12.2 Å². The number of halogens is 1. The number of rotatable bonds is 6. The van der Waals surface area contributed by atoms with E-state index in [1.807, 2.05) is 43.3 Å². The van der Waals surface area contributed by atoms with Gasteiger partial charge in [0.2, 0.25) is 0 Å². The maximum atomic E-state index is 12.8. The van der Waals surface area contributed by atoms with Gasteiger partial charge in [0.1, 0.15) is 5.82 Å². The van der Waals surface area contributed by atoms with Crippen LogP contribution in [0.1, 0.15) is 15.9 Å². The molecule has 6 heteroatoms.